The zero-order chi connectivity index (χ0) is 17.0. The van der Waals surface area contributed by atoms with Gasteiger partial charge < -0.3 is 15.8 Å². The quantitative estimate of drug-likeness (QED) is 0.818. The van der Waals surface area contributed by atoms with Crippen molar-refractivity contribution in [2.45, 2.75) is 18.8 Å². The number of nitrogens with one attached hydrogen (secondary N) is 1. The van der Waals surface area contributed by atoms with E-state index in [1.54, 1.807) is 12.3 Å². The van der Waals surface area contributed by atoms with Crippen molar-refractivity contribution in [3.05, 3.63) is 72.5 Å². The van der Waals surface area contributed by atoms with Gasteiger partial charge in [0, 0.05) is 23.2 Å². The molecule has 2 aromatic rings. The molecule has 24 heavy (non-hydrogen) atoms. The summed E-state index contributed by atoms with van der Waals surface area (Å²) in [4.78, 5) is 16.0. The van der Waals surface area contributed by atoms with Gasteiger partial charge in [-0.2, -0.15) is 0 Å². The molecule has 0 spiro atoms. The van der Waals surface area contributed by atoms with Gasteiger partial charge in [0.15, 0.2) is 5.82 Å². The van der Waals surface area contributed by atoms with Crippen LogP contribution in [0.25, 0.3) is 0 Å². The summed E-state index contributed by atoms with van der Waals surface area (Å²) in [6.45, 7) is 2.10. The van der Waals surface area contributed by atoms with E-state index in [4.69, 9.17) is 5.73 Å². The zero-order valence-electron chi connectivity index (χ0n) is 13.6. The number of hydrogen-bond donors (Lipinski definition) is 2. The molecule has 1 aromatic carbocycles. The fraction of sp³-hybridized carbons (Fsp3) is 0.200. The molecule has 4 nitrogen and oxygen atoms in total. The van der Waals surface area contributed by atoms with Gasteiger partial charge >= 0.3 is 0 Å². The third-order valence-corrected chi connectivity index (χ3v) is 4.67. The summed E-state index contributed by atoms with van der Waals surface area (Å²) in [6.07, 6.45) is 11.6. The number of carbonyl (C=O) groups excluding carboxylic acids is 1. The molecule has 0 saturated carbocycles. The van der Waals surface area contributed by atoms with Crippen molar-refractivity contribution in [2.24, 2.45) is 5.92 Å². The maximum Gasteiger partial charge on any atom is 0.153 e. The molecule has 0 fully saturated rings. The Morgan fingerprint density at radius 3 is 2.83 bits per heavy atom. The van der Waals surface area contributed by atoms with Crippen molar-refractivity contribution in [3.8, 4) is 0 Å². The minimum absolute atomic E-state index is 0.198. The van der Waals surface area contributed by atoms with Gasteiger partial charge in [0.1, 0.15) is 6.29 Å². The summed E-state index contributed by atoms with van der Waals surface area (Å²) in [6, 6.07) is 11.6. The number of carbonyl (C=O) groups is 1. The van der Waals surface area contributed by atoms with Gasteiger partial charge in [0.25, 0.3) is 0 Å². The van der Waals surface area contributed by atoms with Crippen molar-refractivity contribution < 1.29 is 4.79 Å². The van der Waals surface area contributed by atoms with E-state index < -0.39 is 0 Å². The summed E-state index contributed by atoms with van der Waals surface area (Å²) < 4.78 is 0. The van der Waals surface area contributed by atoms with Crippen LogP contribution in [0.3, 0.4) is 0 Å². The Bertz CT molecular complexity index is 797. The zero-order valence-corrected chi connectivity index (χ0v) is 13.6. The van der Waals surface area contributed by atoms with Gasteiger partial charge in [-0.3, -0.25) is 0 Å². The van der Waals surface area contributed by atoms with Crippen LogP contribution >= 0.6 is 0 Å². The van der Waals surface area contributed by atoms with E-state index in [-0.39, 0.29) is 11.3 Å². The van der Waals surface area contributed by atoms with Gasteiger partial charge in [0.2, 0.25) is 0 Å². The molecule has 3 N–H and O–H groups in total. The second-order valence-corrected chi connectivity index (χ2v) is 5.91. The Morgan fingerprint density at radius 1 is 1.25 bits per heavy atom. The summed E-state index contributed by atoms with van der Waals surface area (Å²) in [5, 5.41) is 3.33. The molecule has 4 heteroatoms. The third-order valence-electron chi connectivity index (χ3n) is 4.67. The lowest BCUT2D eigenvalue weighted by atomic mass is 9.66. The van der Waals surface area contributed by atoms with Crippen LogP contribution in [0, 0.1) is 5.92 Å². The first-order chi connectivity index (χ1) is 11.7. The summed E-state index contributed by atoms with van der Waals surface area (Å²) in [7, 11) is 0. The fourth-order valence-electron chi connectivity index (χ4n) is 3.32. The third kappa shape index (κ3) is 2.71. The van der Waals surface area contributed by atoms with Crippen molar-refractivity contribution in [1.82, 2.24) is 4.98 Å². The molecule has 1 aliphatic rings. The highest BCUT2D eigenvalue weighted by Gasteiger charge is 2.38. The summed E-state index contributed by atoms with van der Waals surface area (Å²) >= 11 is 0. The van der Waals surface area contributed by atoms with E-state index in [2.05, 4.69) is 29.4 Å². The van der Waals surface area contributed by atoms with Crippen molar-refractivity contribution >= 4 is 23.5 Å². The Kier molecular flexibility index (Phi) is 4.47. The van der Waals surface area contributed by atoms with Crippen molar-refractivity contribution in [2.75, 3.05) is 11.1 Å². The van der Waals surface area contributed by atoms with Gasteiger partial charge in [0.05, 0.1) is 5.69 Å². The number of nitrogens with two attached hydrogens (primary N) is 1. The van der Waals surface area contributed by atoms with Crippen LogP contribution in [0.15, 0.2) is 66.9 Å². The minimum Gasteiger partial charge on any atom is -0.396 e. The number of hydrogen-bond acceptors (Lipinski definition) is 4. The number of aldehydes is 1. The average Bonchev–Trinajstić information content (AvgIpc) is 2.64. The van der Waals surface area contributed by atoms with E-state index in [0.717, 1.165) is 24.0 Å². The highest BCUT2D eigenvalue weighted by Crippen LogP contribution is 2.43. The van der Waals surface area contributed by atoms with Crippen LogP contribution in [0.4, 0.5) is 17.2 Å². The Hall–Kier alpha value is -2.88. The largest absolute Gasteiger partial charge is 0.396 e. The second-order valence-electron chi connectivity index (χ2n) is 5.91. The standard InChI is InChI=1S/C20H21N3O/c1-2-20(12-6-5-8-15(20)14-24)16-9-3-4-11-18(16)23-19-17(21)10-7-13-22-19/h3-15H,2,21H2,1H3,(H,22,23). The molecule has 0 aliphatic heterocycles. The molecule has 0 amide bonds. The number of anilines is 3. The second kappa shape index (κ2) is 6.71. The number of nitrogen functional groups attached to an aromatic ring is 1. The summed E-state index contributed by atoms with van der Waals surface area (Å²) in [5.74, 6) is 0.422. The van der Waals surface area contributed by atoms with Crippen LogP contribution in [0.5, 0.6) is 0 Å². The van der Waals surface area contributed by atoms with E-state index in [9.17, 15) is 4.79 Å². The van der Waals surface area contributed by atoms with Gasteiger partial charge in [-0.1, -0.05) is 49.4 Å². The number of aromatic nitrogens is 1. The summed E-state index contributed by atoms with van der Waals surface area (Å²) in [5.41, 5.74) is 8.20. The van der Waals surface area contributed by atoms with Crippen LogP contribution in [0.2, 0.25) is 0 Å². The molecule has 2 unspecified atom stereocenters. The van der Waals surface area contributed by atoms with E-state index in [1.807, 2.05) is 42.5 Å². The Balaban J connectivity index is 2.09. The van der Waals surface area contributed by atoms with Crippen LogP contribution in [0.1, 0.15) is 18.9 Å². The van der Waals surface area contributed by atoms with E-state index >= 15 is 0 Å². The number of rotatable bonds is 5. The molecular formula is C20H21N3O. The molecule has 0 radical (unpaired) electrons. The molecule has 1 heterocycles. The van der Waals surface area contributed by atoms with Gasteiger partial charge in [-0.15, -0.1) is 0 Å². The first-order valence-electron chi connectivity index (χ1n) is 8.09. The molecule has 122 valence electrons. The Labute approximate surface area is 142 Å². The number of pyridine rings is 1. The topological polar surface area (TPSA) is 68.0 Å². The first kappa shape index (κ1) is 16.0. The molecule has 0 bridgehead atoms. The number of para-hydroxylation sites is 1. The van der Waals surface area contributed by atoms with E-state index in [0.29, 0.717) is 11.5 Å². The lowest BCUT2D eigenvalue weighted by molar-refractivity contribution is -0.111. The van der Waals surface area contributed by atoms with E-state index in [1.165, 1.54) is 0 Å². The maximum absolute atomic E-state index is 11.7. The van der Waals surface area contributed by atoms with Crippen LogP contribution < -0.4 is 11.1 Å². The van der Waals surface area contributed by atoms with Crippen LogP contribution in [-0.2, 0) is 10.2 Å². The Morgan fingerprint density at radius 2 is 2.08 bits per heavy atom. The van der Waals surface area contributed by atoms with Gasteiger partial charge in [-0.05, 0) is 30.2 Å². The minimum atomic E-state index is -0.371. The highest BCUT2D eigenvalue weighted by molar-refractivity contribution is 5.73. The first-order valence-corrected chi connectivity index (χ1v) is 8.09. The maximum atomic E-state index is 11.7. The predicted octanol–water partition coefficient (Wildman–Crippen LogP) is 4.00. The molecule has 1 aromatic heterocycles. The van der Waals surface area contributed by atoms with Crippen molar-refractivity contribution in [1.29, 1.82) is 0 Å². The van der Waals surface area contributed by atoms with Crippen LogP contribution in [-0.4, -0.2) is 11.3 Å². The number of allylic oxidation sites excluding steroid dienone is 4. The monoisotopic (exact) mass is 319 g/mol. The highest BCUT2D eigenvalue weighted by atomic mass is 16.1. The number of benzene rings is 1. The van der Waals surface area contributed by atoms with Crippen molar-refractivity contribution in [3.63, 3.8) is 0 Å². The predicted molar refractivity (Wildman–Crippen MR) is 98.2 cm³/mol. The molecular weight excluding hydrogens is 298 g/mol. The molecule has 1 aliphatic carbocycles. The average molecular weight is 319 g/mol. The molecule has 0 saturated heterocycles. The molecule has 2 atom stereocenters. The number of nitrogens with zero attached hydrogens (tertiary/aromatic N) is 1. The normalized spacial score (nSPS) is 22.3. The molecule has 3 rings (SSSR count). The fourth-order valence-corrected chi connectivity index (χ4v) is 3.32. The van der Waals surface area contributed by atoms with Gasteiger partial charge in [-0.25, -0.2) is 4.98 Å². The smallest absolute Gasteiger partial charge is 0.153 e. The SMILES string of the molecule is CCC1(c2ccccc2Nc2ncccc2N)C=CC=CC1C=O. The lowest BCUT2D eigenvalue weighted by Crippen LogP contribution is -2.34. The lowest BCUT2D eigenvalue weighted by Gasteiger charge is -2.37.